The van der Waals surface area contributed by atoms with E-state index < -0.39 is 17.4 Å². The van der Waals surface area contributed by atoms with Gasteiger partial charge in [-0.2, -0.15) is 5.10 Å². The van der Waals surface area contributed by atoms with E-state index in [-0.39, 0.29) is 31.1 Å². The molecule has 7 nitrogen and oxygen atoms in total. The maximum absolute atomic E-state index is 12.8. The van der Waals surface area contributed by atoms with Gasteiger partial charge in [0, 0.05) is 10.9 Å². The predicted octanol–water partition coefficient (Wildman–Crippen LogP) is 1.36. The SMILES string of the molecule is CCOC(=O)C1=NN[C@@]2(CC(=O)N(c3cccc(Br)c3)C2=O)C1. The first-order valence-corrected chi connectivity index (χ1v) is 7.90. The van der Waals surface area contributed by atoms with Crippen molar-refractivity contribution in [3.63, 3.8) is 0 Å². The van der Waals surface area contributed by atoms with E-state index in [2.05, 4.69) is 26.5 Å². The van der Waals surface area contributed by atoms with Crippen molar-refractivity contribution in [2.75, 3.05) is 11.5 Å². The van der Waals surface area contributed by atoms with Gasteiger partial charge >= 0.3 is 5.97 Å². The average molecular weight is 380 g/mol. The number of rotatable bonds is 3. The van der Waals surface area contributed by atoms with E-state index in [9.17, 15) is 14.4 Å². The second-order valence-electron chi connectivity index (χ2n) is 5.34. The number of nitrogens with one attached hydrogen (secondary N) is 1. The summed E-state index contributed by atoms with van der Waals surface area (Å²) in [6, 6.07) is 6.92. The molecule has 0 unspecified atom stereocenters. The number of benzene rings is 1. The molecule has 2 aliphatic rings. The zero-order chi connectivity index (χ0) is 16.6. The van der Waals surface area contributed by atoms with Crippen LogP contribution in [0.3, 0.4) is 0 Å². The quantitative estimate of drug-likeness (QED) is 0.632. The summed E-state index contributed by atoms with van der Waals surface area (Å²) >= 11 is 3.32. The molecule has 1 saturated heterocycles. The molecule has 2 aliphatic heterocycles. The third-order valence-corrected chi connectivity index (χ3v) is 4.26. The highest BCUT2D eigenvalue weighted by Gasteiger charge is 2.56. The van der Waals surface area contributed by atoms with Crippen molar-refractivity contribution in [1.82, 2.24) is 5.43 Å². The van der Waals surface area contributed by atoms with Crippen molar-refractivity contribution in [3.8, 4) is 0 Å². The van der Waals surface area contributed by atoms with E-state index in [4.69, 9.17) is 4.74 Å². The summed E-state index contributed by atoms with van der Waals surface area (Å²) < 4.78 is 5.66. The maximum atomic E-state index is 12.8. The number of esters is 1. The predicted molar refractivity (Wildman–Crippen MR) is 85.8 cm³/mol. The third kappa shape index (κ3) is 2.63. The zero-order valence-electron chi connectivity index (χ0n) is 12.3. The van der Waals surface area contributed by atoms with Gasteiger partial charge in [0.2, 0.25) is 5.91 Å². The molecule has 1 atom stereocenters. The molecule has 0 aromatic heterocycles. The van der Waals surface area contributed by atoms with Crippen LogP contribution in [0.5, 0.6) is 0 Å². The van der Waals surface area contributed by atoms with Gasteiger partial charge < -0.3 is 4.74 Å². The fourth-order valence-corrected chi connectivity index (χ4v) is 3.10. The van der Waals surface area contributed by atoms with Crippen molar-refractivity contribution < 1.29 is 19.1 Å². The van der Waals surface area contributed by atoms with Gasteiger partial charge in [0.05, 0.1) is 18.7 Å². The minimum atomic E-state index is -1.19. The minimum Gasteiger partial charge on any atom is -0.461 e. The number of anilines is 1. The van der Waals surface area contributed by atoms with Gasteiger partial charge in [0.1, 0.15) is 11.3 Å². The van der Waals surface area contributed by atoms with E-state index in [1.54, 1.807) is 31.2 Å². The average Bonchev–Trinajstić information content (AvgIpc) is 3.02. The highest BCUT2D eigenvalue weighted by atomic mass is 79.9. The van der Waals surface area contributed by atoms with Gasteiger partial charge in [-0.05, 0) is 25.1 Å². The van der Waals surface area contributed by atoms with Crippen LogP contribution >= 0.6 is 15.9 Å². The minimum absolute atomic E-state index is 0.0426. The van der Waals surface area contributed by atoms with Gasteiger partial charge in [-0.25, -0.2) is 9.69 Å². The molecule has 1 fully saturated rings. The van der Waals surface area contributed by atoms with Crippen molar-refractivity contribution in [3.05, 3.63) is 28.7 Å². The van der Waals surface area contributed by atoms with Gasteiger partial charge in [0.25, 0.3) is 5.91 Å². The van der Waals surface area contributed by atoms with Crippen LogP contribution in [0.25, 0.3) is 0 Å². The molecule has 1 aromatic carbocycles. The number of carbonyl (C=O) groups is 3. The zero-order valence-corrected chi connectivity index (χ0v) is 13.9. The number of imide groups is 1. The summed E-state index contributed by atoms with van der Waals surface area (Å²) in [7, 11) is 0. The van der Waals surface area contributed by atoms with E-state index in [1.807, 2.05) is 0 Å². The van der Waals surface area contributed by atoms with Crippen molar-refractivity contribution >= 4 is 45.1 Å². The maximum Gasteiger partial charge on any atom is 0.354 e. The Labute approximate surface area is 140 Å². The fraction of sp³-hybridized carbons (Fsp3) is 0.333. The Morgan fingerprint density at radius 3 is 2.91 bits per heavy atom. The summed E-state index contributed by atoms with van der Waals surface area (Å²) in [5, 5.41) is 3.90. The van der Waals surface area contributed by atoms with Gasteiger partial charge in [-0.15, -0.1) is 0 Å². The largest absolute Gasteiger partial charge is 0.461 e. The van der Waals surface area contributed by atoms with Crippen molar-refractivity contribution in [2.45, 2.75) is 25.3 Å². The molecule has 0 aliphatic carbocycles. The van der Waals surface area contributed by atoms with Gasteiger partial charge in [-0.1, -0.05) is 22.0 Å². The van der Waals surface area contributed by atoms with Crippen molar-refractivity contribution in [2.24, 2.45) is 5.10 Å². The molecule has 2 heterocycles. The number of nitrogens with zero attached hydrogens (tertiary/aromatic N) is 2. The van der Waals surface area contributed by atoms with Crippen LogP contribution in [-0.2, 0) is 19.1 Å². The molecule has 0 bridgehead atoms. The second kappa shape index (κ2) is 5.77. The Hall–Kier alpha value is -2.22. The molecule has 1 N–H and O–H groups in total. The topological polar surface area (TPSA) is 88.1 Å². The Morgan fingerprint density at radius 2 is 2.22 bits per heavy atom. The molecular weight excluding hydrogens is 366 g/mol. The molecule has 1 aromatic rings. The first-order chi connectivity index (χ1) is 11.0. The monoisotopic (exact) mass is 379 g/mol. The van der Waals surface area contributed by atoms with E-state index in [0.29, 0.717) is 5.69 Å². The third-order valence-electron chi connectivity index (χ3n) is 3.77. The van der Waals surface area contributed by atoms with Crippen LogP contribution in [-0.4, -0.2) is 35.6 Å². The Balaban J connectivity index is 1.84. The Bertz CT molecular complexity index is 733. The summed E-state index contributed by atoms with van der Waals surface area (Å²) in [4.78, 5) is 38.0. The smallest absolute Gasteiger partial charge is 0.354 e. The summed E-state index contributed by atoms with van der Waals surface area (Å²) in [6.07, 6.45) is -0.00827. The van der Waals surface area contributed by atoms with Gasteiger partial charge in [0.15, 0.2) is 0 Å². The van der Waals surface area contributed by atoms with Crippen LogP contribution in [0.2, 0.25) is 0 Å². The van der Waals surface area contributed by atoms with Crippen LogP contribution in [0.15, 0.2) is 33.8 Å². The second-order valence-corrected chi connectivity index (χ2v) is 6.26. The number of hydrazone groups is 1. The number of ether oxygens (including phenoxy) is 1. The molecule has 3 rings (SSSR count). The highest BCUT2D eigenvalue weighted by molar-refractivity contribution is 9.10. The molecule has 23 heavy (non-hydrogen) atoms. The highest BCUT2D eigenvalue weighted by Crippen LogP contribution is 2.35. The summed E-state index contributed by atoms with van der Waals surface area (Å²) in [5.74, 6) is -1.32. The molecule has 0 radical (unpaired) electrons. The lowest BCUT2D eigenvalue weighted by molar-refractivity contribution is -0.135. The lowest BCUT2D eigenvalue weighted by atomic mass is 9.93. The lowest BCUT2D eigenvalue weighted by Crippen LogP contribution is -2.47. The molecule has 1 spiro atoms. The van der Waals surface area contributed by atoms with E-state index >= 15 is 0 Å². The van der Waals surface area contributed by atoms with Crippen molar-refractivity contribution in [1.29, 1.82) is 0 Å². The molecule has 8 heteroatoms. The first kappa shape index (κ1) is 15.7. The van der Waals surface area contributed by atoms with Gasteiger partial charge in [-0.3, -0.25) is 15.0 Å². The fourth-order valence-electron chi connectivity index (χ4n) is 2.71. The van der Waals surface area contributed by atoms with Crippen LogP contribution in [0.4, 0.5) is 5.69 Å². The normalized spacial score (nSPS) is 23.2. The number of carbonyl (C=O) groups excluding carboxylic acids is 3. The van der Waals surface area contributed by atoms with Crippen LogP contribution < -0.4 is 10.3 Å². The molecular formula is C15H14BrN3O4. The summed E-state index contributed by atoms with van der Waals surface area (Å²) in [6.45, 7) is 1.91. The van der Waals surface area contributed by atoms with Crippen LogP contribution in [0, 0.1) is 0 Å². The first-order valence-electron chi connectivity index (χ1n) is 7.10. The number of amides is 2. The molecule has 0 saturated carbocycles. The Morgan fingerprint density at radius 1 is 1.43 bits per heavy atom. The Kier molecular flexibility index (Phi) is 3.93. The van der Waals surface area contributed by atoms with E-state index in [1.165, 1.54) is 0 Å². The number of hydrogen-bond donors (Lipinski definition) is 1. The van der Waals surface area contributed by atoms with Crippen LogP contribution in [0.1, 0.15) is 19.8 Å². The lowest BCUT2D eigenvalue weighted by Gasteiger charge is -2.21. The standard InChI is InChI=1S/C15H14BrN3O4/c1-2-23-13(21)11-7-15(18-17-11)8-12(20)19(14(15)22)10-5-3-4-9(16)6-10/h3-6,18H,2,7-8H2,1H3/t15-/m1/s1. The number of hydrogen-bond acceptors (Lipinski definition) is 6. The van der Waals surface area contributed by atoms with E-state index in [0.717, 1.165) is 9.37 Å². The summed E-state index contributed by atoms with van der Waals surface area (Å²) in [5.41, 5.74) is 2.10. The molecule has 120 valence electrons. The molecule has 2 amide bonds. The number of halogens is 1.